The molecule has 0 atom stereocenters. The average Bonchev–Trinajstić information content (AvgIpc) is 2.56. The van der Waals surface area contributed by atoms with Crippen LogP contribution in [-0.2, 0) is 19.6 Å². The number of carbonyl (C=O) groups excluding carboxylic acids is 1. The number of allylic oxidation sites excluding steroid dienone is 2. The van der Waals surface area contributed by atoms with E-state index in [1.54, 1.807) is 18.2 Å². The molecule has 1 aromatic rings. The molecule has 0 spiro atoms. The first-order valence-corrected chi connectivity index (χ1v) is 8.84. The molecule has 0 aromatic heterocycles. The zero-order valence-electron chi connectivity index (χ0n) is 12.7. The Kier molecular flexibility index (Phi) is 5.03. The number of rotatable bonds is 4. The molecule has 1 aromatic carbocycles. The number of methoxy groups -OCH3 is 1. The molecule has 0 amide bonds. The lowest BCUT2D eigenvalue weighted by Gasteiger charge is -2.38. The van der Waals surface area contributed by atoms with E-state index in [0.29, 0.717) is 0 Å². The predicted octanol–water partition coefficient (Wildman–Crippen LogP) is 2.92. The maximum Gasteiger partial charge on any atom is 0.243 e. The van der Waals surface area contributed by atoms with Crippen molar-refractivity contribution in [2.45, 2.75) is 24.5 Å². The lowest BCUT2D eigenvalue weighted by Crippen LogP contribution is -2.54. The van der Waals surface area contributed by atoms with E-state index in [1.165, 1.54) is 33.1 Å². The van der Waals surface area contributed by atoms with Gasteiger partial charge in [-0.05, 0) is 26.0 Å². The van der Waals surface area contributed by atoms with Gasteiger partial charge in [-0.2, -0.15) is 4.72 Å². The second-order valence-electron chi connectivity index (χ2n) is 5.01. The van der Waals surface area contributed by atoms with Gasteiger partial charge in [-0.15, -0.1) is 0 Å². The third-order valence-corrected chi connectivity index (χ3v) is 6.11. The van der Waals surface area contributed by atoms with E-state index in [2.05, 4.69) is 4.72 Å². The van der Waals surface area contributed by atoms with Gasteiger partial charge >= 0.3 is 0 Å². The van der Waals surface area contributed by atoms with E-state index >= 15 is 0 Å². The van der Waals surface area contributed by atoms with Crippen molar-refractivity contribution >= 4 is 39.0 Å². The zero-order valence-corrected chi connectivity index (χ0v) is 15.0. The summed E-state index contributed by atoms with van der Waals surface area (Å²) in [4.78, 5) is 12.0. The highest BCUT2D eigenvalue weighted by Crippen LogP contribution is 2.40. The van der Waals surface area contributed by atoms with Crippen LogP contribution in [0.2, 0.25) is 0 Å². The Hall–Kier alpha value is -1.18. The van der Waals surface area contributed by atoms with Gasteiger partial charge in [-0.25, -0.2) is 8.42 Å². The molecule has 8 heteroatoms. The van der Waals surface area contributed by atoms with Crippen LogP contribution in [0.15, 0.2) is 56.4 Å². The normalized spacial score (nSPS) is 18.6. The van der Waals surface area contributed by atoms with Gasteiger partial charge in [0.25, 0.3) is 0 Å². The van der Waals surface area contributed by atoms with Gasteiger partial charge in [0, 0.05) is 18.3 Å². The van der Waals surface area contributed by atoms with Crippen LogP contribution in [0.5, 0.6) is 0 Å². The second kappa shape index (κ2) is 6.37. The largest absolute Gasteiger partial charge is 0.355 e. The number of hydrogen-bond donors (Lipinski definition) is 1. The second-order valence-corrected chi connectivity index (χ2v) is 7.45. The third kappa shape index (κ3) is 2.97. The van der Waals surface area contributed by atoms with Gasteiger partial charge in [-0.3, -0.25) is 4.79 Å². The van der Waals surface area contributed by atoms with Crippen molar-refractivity contribution in [1.29, 1.82) is 0 Å². The van der Waals surface area contributed by atoms with Crippen molar-refractivity contribution < 1.29 is 17.9 Å². The van der Waals surface area contributed by atoms with E-state index in [9.17, 15) is 13.2 Å². The Balaban J connectivity index is 2.61. The standard InChI is InChI=1S/C15H15Cl2NO4S/c1-9-12(16)14(19)13(17)10(2)15(9,22-3)18-23(20,21)11-7-5-4-6-8-11/h4-8,18H,1-3H3. The molecule has 23 heavy (non-hydrogen) atoms. The summed E-state index contributed by atoms with van der Waals surface area (Å²) in [5, 5.41) is -0.337. The van der Waals surface area contributed by atoms with Crippen LogP contribution in [-0.4, -0.2) is 27.0 Å². The summed E-state index contributed by atoms with van der Waals surface area (Å²) < 4.78 is 33.2. The molecule has 0 saturated heterocycles. The number of sulfonamides is 1. The fourth-order valence-electron chi connectivity index (χ4n) is 2.38. The fourth-order valence-corrected chi connectivity index (χ4v) is 4.28. The average molecular weight is 376 g/mol. The molecule has 1 aliphatic rings. The smallest absolute Gasteiger partial charge is 0.243 e. The van der Waals surface area contributed by atoms with Gasteiger partial charge in [0.1, 0.15) is 0 Å². The molecular formula is C15H15Cl2NO4S. The van der Waals surface area contributed by atoms with Crippen molar-refractivity contribution in [3.05, 3.63) is 51.5 Å². The highest BCUT2D eigenvalue weighted by molar-refractivity contribution is 7.89. The molecule has 0 fully saturated rings. The van der Waals surface area contributed by atoms with Crippen molar-refractivity contribution in [2.24, 2.45) is 0 Å². The van der Waals surface area contributed by atoms with Crippen LogP contribution in [0, 0.1) is 0 Å². The zero-order chi connectivity index (χ0) is 17.4. The molecule has 1 aliphatic carbocycles. The van der Waals surface area contributed by atoms with E-state index in [4.69, 9.17) is 27.9 Å². The molecule has 5 nitrogen and oxygen atoms in total. The molecular weight excluding hydrogens is 361 g/mol. The maximum atomic E-state index is 12.6. The van der Waals surface area contributed by atoms with E-state index in [1.807, 2.05) is 0 Å². The summed E-state index contributed by atoms with van der Waals surface area (Å²) in [5.74, 6) is -0.560. The predicted molar refractivity (Wildman–Crippen MR) is 88.6 cm³/mol. The lowest BCUT2D eigenvalue weighted by atomic mass is 9.90. The highest BCUT2D eigenvalue weighted by atomic mass is 35.5. The molecule has 0 aliphatic heterocycles. The third-order valence-electron chi connectivity index (χ3n) is 3.75. The molecule has 0 heterocycles. The van der Waals surface area contributed by atoms with Crippen LogP contribution in [0.1, 0.15) is 13.8 Å². The summed E-state index contributed by atoms with van der Waals surface area (Å²) in [6, 6.07) is 7.80. The van der Waals surface area contributed by atoms with Gasteiger partial charge < -0.3 is 4.74 Å². The minimum Gasteiger partial charge on any atom is -0.355 e. The first kappa shape index (κ1) is 18.2. The van der Waals surface area contributed by atoms with Crippen molar-refractivity contribution in [3.8, 4) is 0 Å². The Labute approximate surface area is 145 Å². The minimum atomic E-state index is -3.93. The molecule has 0 saturated carbocycles. The summed E-state index contributed by atoms with van der Waals surface area (Å²) >= 11 is 12.0. The monoisotopic (exact) mass is 375 g/mol. The van der Waals surface area contributed by atoms with Crippen LogP contribution in [0.3, 0.4) is 0 Å². The number of halogens is 2. The lowest BCUT2D eigenvalue weighted by molar-refractivity contribution is -0.111. The number of hydrogen-bond acceptors (Lipinski definition) is 4. The molecule has 124 valence electrons. The van der Waals surface area contributed by atoms with E-state index in [0.717, 1.165) is 0 Å². The number of ether oxygens (including phenoxy) is 1. The van der Waals surface area contributed by atoms with Gasteiger partial charge in [0.2, 0.25) is 15.8 Å². The van der Waals surface area contributed by atoms with Crippen molar-refractivity contribution in [1.82, 2.24) is 4.72 Å². The van der Waals surface area contributed by atoms with Crippen LogP contribution >= 0.6 is 23.2 Å². The molecule has 1 N–H and O–H groups in total. The van der Waals surface area contributed by atoms with Crippen molar-refractivity contribution in [2.75, 3.05) is 7.11 Å². The summed E-state index contributed by atoms with van der Waals surface area (Å²) in [5.41, 5.74) is -1.15. The SMILES string of the molecule is COC1(NS(=O)(=O)c2ccccc2)C(C)=C(Cl)C(=O)C(Cl)=C1C. The Bertz CT molecular complexity index is 785. The number of ketones is 1. The summed E-state index contributed by atoms with van der Waals surface area (Å²) in [6.45, 7) is 3.04. The fraction of sp³-hybridized carbons (Fsp3) is 0.267. The number of carbonyl (C=O) groups is 1. The summed E-state index contributed by atoms with van der Waals surface area (Å²) in [6.07, 6.45) is 0. The van der Waals surface area contributed by atoms with Gasteiger partial charge in [0.15, 0.2) is 5.72 Å². The molecule has 2 rings (SSSR count). The molecule has 0 bridgehead atoms. The van der Waals surface area contributed by atoms with Crippen LogP contribution < -0.4 is 4.72 Å². The van der Waals surface area contributed by atoms with Crippen LogP contribution in [0.25, 0.3) is 0 Å². The minimum absolute atomic E-state index is 0.0566. The Morgan fingerprint density at radius 2 is 1.52 bits per heavy atom. The Morgan fingerprint density at radius 1 is 1.04 bits per heavy atom. The van der Waals surface area contributed by atoms with E-state index in [-0.39, 0.29) is 26.1 Å². The van der Waals surface area contributed by atoms with Crippen LogP contribution in [0.4, 0.5) is 0 Å². The first-order chi connectivity index (χ1) is 10.7. The number of nitrogens with one attached hydrogen (secondary N) is 1. The Morgan fingerprint density at radius 3 is 1.96 bits per heavy atom. The summed E-state index contributed by atoms with van der Waals surface area (Å²) in [7, 11) is -2.62. The van der Waals surface area contributed by atoms with E-state index < -0.39 is 21.5 Å². The maximum absolute atomic E-state index is 12.6. The molecule has 0 radical (unpaired) electrons. The van der Waals surface area contributed by atoms with Gasteiger partial charge in [-0.1, -0.05) is 41.4 Å². The van der Waals surface area contributed by atoms with Crippen molar-refractivity contribution in [3.63, 3.8) is 0 Å². The first-order valence-electron chi connectivity index (χ1n) is 6.60. The highest BCUT2D eigenvalue weighted by Gasteiger charge is 2.46. The number of Topliss-reactive ketones (excluding diaryl/α,β-unsaturated/α-hetero) is 1. The molecule has 0 unspecified atom stereocenters. The topological polar surface area (TPSA) is 72.5 Å². The quantitative estimate of drug-likeness (QED) is 0.821. The number of benzene rings is 1. The van der Waals surface area contributed by atoms with Gasteiger partial charge in [0.05, 0.1) is 15.0 Å².